The Labute approximate surface area is 87.1 Å². The van der Waals surface area contributed by atoms with Gasteiger partial charge in [-0.3, -0.25) is 0 Å². The van der Waals surface area contributed by atoms with Crippen LogP contribution in [-0.2, 0) is 0 Å². The predicted molar refractivity (Wildman–Crippen MR) is 59.7 cm³/mol. The largest absolute Gasteiger partial charge is 0.493 e. The monoisotopic (exact) mass is 208 g/mol. The minimum atomic E-state index is 0.802. The molecule has 0 saturated carbocycles. The minimum Gasteiger partial charge on any atom is -0.493 e. The SMILES string of the molecule is COc1cc(C)c2sccc2c1OC. The molecule has 0 aliphatic carbocycles. The zero-order valence-electron chi connectivity index (χ0n) is 8.46. The van der Waals surface area contributed by atoms with E-state index < -0.39 is 0 Å². The summed E-state index contributed by atoms with van der Waals surface area (Å²) >= 11 is 1.73. The highest BCUT2D eigenvalue weighted by Gasteiger charge is 2.11. The van der Waals surface area contributed by atoms with Crippen LogP contribution in [0.1, 0.15) is 5.56 Å². The first-order valence-electron chi connectivity index (χ1n) is 4.36. The topological polar surface area (TPSA) is 18.5 Å². The summed E-state index contributed by atoms with van der Waals surface area (Å²) in [6.07, 6.45) is 0. The lowest BCUT2D eigenvalue weighted by molar-refractivity contribution is 0.358. The van der Waals surface area contributed by atoms with Crippen LogP contribution in [0, 0.1) is 6.92 Å². The molecule has 2 aromatic rings. The van der Waals surface area contributed by atoms with Gasteiger partial charge < -0.3 is 9.47 Å². The van der Waals surface area contributed by atoms with E-state index in [-0.39, 0.29) is 0 Å². The summed E-state index contributed by atoms with van der Waals surface area (Å²) in [7, 11) is 3.33. The fourth-order valence-corrected chi connectivity index (χ4v) is 2.49. The molecule has 2 nitrogen and oxygen atoms in total. The van der Waals surface area contributed by atoms with Crippen LogP contribution < -0.4 is 9.47 Å². The van der Waals surface area contributed by atoms with Crippen LogP contribution in [-0.4, -0.2) is 14.2 Å². The molecule has 0 N–H and O–H groups in total. The first-order chi connectivity index (χ1) is 6.77. The third kappa shape index (κ3) is 1.24. The average molecular weight is 208 g/mol. The van der Waals surface area contributed by atoms with Gasteiger partial charge in [-0.25, -0.2) is 0 Å². The molecule has 0 amide bonds. The highest BCUT2D eigenvalue weighted by molar-refractivity contribution is 7.17. The molecule has 74 valence electrons. The van der Waals surface area contributed by atoms with Crippen LogP contribution in [0.5, 0.6) is 11.5 Å². The Bertz CT molecular complexity index is 460. The molecule has 1 aromatic carbocycles. The fourth-order valence-electron chi connectivity index (χ4n) is 1.62. The van der Waals surface area contributed by atoms with E-state index >= 15 is 0 Å². The van der Waals surface area contributed by atoms with Crippen molar-refractivity contribution in [3.63, 3.8) is 0 Å². The van der Waals surface area contributed by atoms with Crippen LogP contribution in [0.3, 0.4) is 0 Å². The minimum absolute atomic E-state index is 0.802. The number of hydrogen-bond donors (Lipinski definition) is 0. The normalized spacial score (nSPS) is 10.5. The summed E-state index contributed by atoms with van der Waals surface area (Å²) in [6, 6.07) is 4.08. The lowest BCUT2D eigenvalue weighted by Crippen LogP contribution is -1.91. The van der Waals surface area contributed by atoms with Crippen molar-refractivity contribution in [3.05, 3.63) is 23.1 Å². The van der Waals surface area contributed by atoms with E-state index in [1.807, 2.05) is 6.07 Å². The smallest absolute Gasteiger partial charge is 0.169 e. The molecule has 0 fully saturated rings. The van der Waals surface area contributed by atoms with Crippen molar-refractivity contribution in [1.82, 2.24) is 0 Å². The van der Waals surface area contributed by atoms with Crippen LogP contribution in [0.4, 0.5) is 0 Å². The standard InChI is InChI=1S/C11H12O2S/c1-7-6-9(12-2)10(13-3)8-4-5-14-11(7)8/h4-6H,1-3H3. The van der Waals surface area contributed by atoms with Crippen LogP contribution >= 0.6 is 11.3 Å². The zero-order chi connectivity index (χ0) is 10.1. The van der Waals surface area contributed by atoms with Crippen molar-refractivity contribution in [2.24, 2.45) is 0 Å². The molecular weight excluding hydrogens is 196 g/mol. The van der Waals surface area contributed by atoms with Gasteiger partial charge in [-0.15, -0.1) is 11.3 Å². The molecule has 0 unspecified atom stereocenters. The van der Waals surface area contributed by atoms with E-state index in [4.69, 9.17) is 9.47 Å². The Morgan fingerprint density at radius 3 is 2.64 bits per heavy atom. The molecule has 0 radical (unpaired) electrons. The summed E-state index contributed by atoms with van der Waals surface area (Å²) in [5.41, 5.74) is 1.23. The number of methoxy groups -OCH3 is 2. The van der Waals surface area contributed by atoms with Crippen molar-refractivity contribution in [2.45, 2.75) is 6.92 Å². The number of ether oxygens (including phenoxy) is 2. The van der Waals surface area contributed by atoms with Gasteiger partial charge in [0.2, 0.25) is 0 Å². The molecule has 3 heteroatoms. The second-order valence-corrected chi connectivity index (χ2v) is 4.01. The summed E-state index contributed by atoms with van der Waals surface area (Å²) in [5.74, 6) is 1.63. The second kappa shape index (κ2) is 3.50. The molecule has 0 atom stereocenters. The van der Waals surface area contributed by atoms with E-state index in [2.05, 4.69) is 18.4 Å². The van der Waals surface area contributed by atoms with Gasteiger partial charge in [-0.05, 0) is 30.0 Å². The zero-order valence-corrected chi connectivity index (χ0v) is 9.27. The van der Waals surface area contributed by atoms with Crippen molar-refractivity contribution in [2.75, 3.05) is 14.2 Å². The Kier molecular flexibility index (Phi) is 2.33. The maximum atomic E-state index is 5.34. The number of rotatable bonds is 2. The Hall–Kier alpha value is -1.22. The third-order valence-corrected chi connectivity index (χ3v) is 3.31. The number of thiophene rings is 1. The molecule has 0 saturated heterocycles. The van der Waals surface area contributed by atoms with Gasteiger partial charge in [0.1, 0.15) is 0 Å². The van der Waals surface area contributed by atoms with Gasteiger partial charge in [-0.1, -0.05) is 0 Å². The summed E-state index contributed by atoms with van der Waals surface area (Å²) < 4.78 is 11.9. The average Bonchev–Trinajstić information content (AvgIpc) is 2.66. The van der Waals surface area contributed by atoms with Crippen molar-refractivity contribution < 1.29 is 9.47 Å². The van der Waals surface area contributed by atoms with E-state index in [0.29, 0.717) is 0 Å². The maximum absolute atomic E-state index is 5.34. The van der Waals surface area contributed by atoms with Gasteiger partial charge in [0.15, 0.2) is 11.5 Å². The van der Waals surface area contributed by atoms with Gasteiger partial charge >= 0.3 is 0 Å². The number of aryl methyl sites for hydroxylation is 1. The van der Waals surface area contributed by atoms with Gasteiger partial charge in [0.05, 0.1) is 14.2 Å². The maximum Gasteiger partial charge on any atom is 0.169 e. The summed E-state index contributed by atoms with van der Waals surface area (Å²) in [4.78, 5) is 0. The molecule has 0 spiro atoms. The third-order valence-electron chi connectivity index (χ3n) is 2.26. The quantitative estimate of drug-likeness (QED) is 0.754. The van der Waals surface area contributed by atoms with E-state index in [1.165, 1.54) is 10.3 Å². The molecule has 0 aliphatic rings. The highest BCUT2D eigenvalue weighted by atomic mass is 32.1. The lowest BCUT2D eigenvalue weighted by Gasteiger charge is -2.09. The summed E-state index contributed by atoms with van der Waals surface area (Å²) in [5, 5.41) is 3.20. The van der Waals surface area contributed by atoms with Crippen LogP contribution in [0.25, 0.3) is 10.1 Å². The Balaban J connectivity index is 2.82. The van der Waals surface area contributed by atoms with Crippen LogP contribution in [0.2, 0.25) is 0 Å². The lowest BCUT2D eigenvalue weighted by atomic mass is 10.1. The summed E-state index contributed by atoms with van der Waals surface area (Å²) in [6.45, 7) is 2.08. The molecule has 2 rings (SSSR count). The van der Waals surface area contributed by atoms with E-state index in [9.17, 15) is 0 Å². The van der Waals surface area contributed by atoms with Gasteiger partial charge in [0, 0.05) is 10.1 Å². The van der Waals surface area contributed by atoms with Crippen LogP contribution in [0.15, 0.2) is 17.5 Å². The van der Waals surface area contributed by atoms with E-state index in [0.717, 1.165) is 16.9 Å². The predicted octanol–water partition coefficient (Wildman–Crippen LogP) is 3.23. The van der Waals surface area contributed by atoms with Gasteiger partial charge in [-0.2, -0.15) is 0 Å². The first-order valence-corrected chi connectivity index (χ1v) is 5.24. The van der Waals surface area contributed by atoms with E-state index in [1.54, 1.807) is 25.6 Å². The highest BCUT2D eigenvalue weighted by Crippen LogP contribution is 2.39. The molecule has 1 aromatic heterocycles. The molecular formula is C11H12O2S. The van der Waals surface area contributed by atoms with Gasteiger partial charge in [0.25, 0.3) is 0 Å². The Morgan fingerprint density at radius 2 is 2.00 bits per heavy atom. The fraction of sp³-hybridized carbons (Fsp3) is 0.273. The van der Waals surface area contributed by atoms with Crippen molar-refractivity contribution in [1.29, 1.82) is 0 Å². The second-order valence-electron chi connectivity index (χ2n) is 3.09. The van der Waals surface area contributed by atoms with Crippen molar-refractivity contribution in [3.8, 4) is 11.5 Å². The molecule has 0 aliphatic heterocycles. The first kappa shape index (κ1) is 9.34. The molecule has 14 heavy (non-hydrogen) atoms. The Morgan fingerprint density at radius 1 is 1.21 bits per heavy atom. The molecule has 1 heterocycles. The molecule has 0 bridgehead atoms. The number of benzene rings is 1. The number of hydrogen-bond acceptors (Lipinski definition) is 3. The van der Waals surface area contributed by atoms with Crippen molar-refractivity contribution >= 4 is 21.4 Å². The number of fused-ring (bicyclic) bond motifs is 1.